The van der Waals surface area contributed by atoms with E-state index >= 15 is 0 Å². The predicted molar refractivity (Wildman–Crippen MR) is 112 cm³/mol. The molecule has 0 amide bonds. The smallest absolute Gasteiger partial charge is 0.189 e. The summed E-state index contributed by atoms with van der Waals surface area (Å²) in [7, 11) is 7.26. The maximum Gasteiger partial charge on any atom is 0.189 e. The van der Waals surface area contributed by atoms with Crippen molar-refractivity contribution in [2.24, 2.45) is 10.7 Å². The Morgan fingerprint density at radius 3 is 2.50 bits per heavy atom. The Morgan fingerprint density at radius 1 is 1.04 bits per heavy atom. The third-order valence-electron chi connectivity index (χ3n) is 4.11. The molecule has 0 fully saturated rings. The molecule has 0 saturated carbocycles. The molecule has 7 heteroatoms. The lowest BCUT2D eigenvalue weighted by Gasteiger charge is -2.14. The summed E-state index contributed by atoms with van der Waals surface area (Å²) in [6.07, 6.45) is 0. The van der Waals surface area contributed by atoms with Gasteiger partial charge in [0.2, 0.25) is 0 Å². The van der Waals surface area contributed by atoms with Crippen LogP contribution in [0.5, 0.6) is 17.2 Å². The average Bonchev–Trinajstić information content (AvgIpc) is 2.71. The molecule has 0 aliphatic carbocycles. The molecule has 0 aromatic heterocycles. The zero-order valence-electron chi connectivity index (χ0n) is 17.1. The Hall–Kier alpha value is -2.93. The minimum Gasteiger partial charge on any atom is -0.493 e. The maximum absolute atomic E-state index is 6.02. The first kappa shape index (κ1) is 21.4. The molecule has 0 saturated heterocycles. The van der Waals surface area contributed by atoms with E-state index in [1.54, 1.807) is 14.2 Å². The first-order valence-corrected chi connectivity index (χ1v) is 9.13. The molecule has 2 aromatic rings. The van der Waals surface area contributed by atoms with Crippen molar-refractivity contribution in [3.63, 3.8) is 0 Å². The highest BCUT2D eigenvalue weighted by molar-refractivity contribution is 5.77. The molecular formula is C21H30N4O3. The van der Waals surface area contributed by atoms with E-state index in [-0.39, 0.29) is 0 Å². The second-order valence-electron chi connectivity index (χ2n) is 6.50. The Morgan fingerprint density at radius 2 is 1.79 bits per heavy atom. The lowest BCUT2D eigenvalue weighted by atomic mass is 10.2. The van der Waals surface area contributed by atoms with E-state index in [0.717, 1.165) is 23.4 Å². The third kappa shape index (κ3) is 6.66. The number of methoxy groups -OCH3 is 2. The SMILES string of the molecule is COc1ccc(CN=C(N)NCc2ccccc2OCCN(C)C)cc1OC. The Labute approximate surface area is 167 Å². The summed E-state index contributed by atoms with van der Waals surface area (Å²) in [5, 5.41) is 3.14. The van der Waals surface area contributed by atoms with Crippen LogP contribution in [0.3, 0.4) is 0 Å². The first-order valence-electron chi connectivity index (χ1n) is 9.13. The number of aliphatic imine (C=N–C) groups is 1. The average molecular weight is 386 g/mol. The quantitative estimate of drug-likeness (QED) is 0.481. The van der Waals surface area contributed by atoms with Crippen molar-refractivity contribution in [3.05, 3.63) is 53.6 Å². The second-order valence-corrected chi connectivity index (χ2v) is 6.50. The normalized spacial score (nSPS) is 11.4. The highest BCUT2D eigenvalue weighted by Crippen LogP contribution is 2.27. The number of hydrogen-bond acceptors (Lipinski definition) is 5. The molecule has 0 unspecified atom stereocenters. The van der Waals surface area contributed by atoms with E-state index in [2.05, 4.69) is 15.2 Å². The van der Waals surface area contributed by atoms with Crippen molar-refractivity contribution in [1.29, 1.82) is 0 Å². The van der Waals surface area contributed by atoms with Gasteiger partial charge in [0.1, 0.15) is 12.4 Å². The number of para-hydroxylation sites is 1. The molecule has 0 aliphatic rings. The van der Waals surface area contributed by atoms with Crippen LogP contribution in [0.15, 0.2) is 47.5 Å². The van der Waals surface area contributed by atoms with Crippen molar-refractivity contribution >= 4 is 5.96 Å². The molecular weight excluding hydrogens is 356 g/mol. The summed E-state index contributed by atoms with van der Waals surface area (Å²) in [4.78, 5) is 6.48. The Balaban J connectivity index is 1.92. The minimum absolute atomic E-state index is 0.373. The molecule has 2 rings (SSSR count). The fraction of sp³-hybridized carbons (Fsp3) is 0.381. The summed E-state index contributed by atoms with van der Waals surface area (Å²) in [6, 6.07) is 13.6. The maximum atomic E-state index is 6.02. The van der Waals surface area contributed by atoms with Gasteiger partial charge in [-0.05, 0) is 37.9 Å². The molecule has 152 valence electrons. The summed E-state index contributed by atoms with van der Waals surface area (Å²) < 4.78 is 16.4. The van der Waals surface area contributed by atoms with Crippen molar-refractivity contribution in [2.45, 2.75) is 13.1 Å². The first-order chi connectivity index (χ1) is 13.5. The van der Waals surface area contributed by atoms with Crippen molar-refractivity contribution in [3.8, 4) is 17.2 Å². The van der Waals surface area contributed by atoms with Crippen LogP contribution in [-0.2, 0) is 13.1 Å². The zero-order valence-corrected chi connectivity index (χ0v) is 17.1. The number of rotatable bonds is 10. The van der Waals surface area contributed by atoms with E-state index in [4.69, 9.17) is 19.9 Å². The van der Waals surface area contributed by atoms with Crippen LogP contribution in [0.1, 0.15) is 11.1 Å². The fourth-order valence-electron chi connectivity index (χ4n) is 2.53. The molecule has 0 radical (unpaired) electrons. The van der Waals surface area contributed by atoms with Gasteiger partial charge in [-0.3, -0.25) is 0 Å². The van der Waals surface area contributed by atoms with E-state index < -0.39 is 0 Å². The van der Waals surface area contributed by atoms with Crippen LogP contribution < -0.4 is 25.3 Å². The highest BCUT2D eigenvalue weighted by Gasteiger charge is 2.06. The second kappa shape index (κ2) is 11.0. The lowest BCUT2D eigenvalue weighted by Crippen LogP contribution is -2.31. The van der Waals surface area contributed by atoms with Crippen molar-refractivity contribution < 1.29 is 14.2 Å². The van der Waals surface area contributed by atoms with Gasteiger partial charge in [0.15, 0.2) is 17.5 Å². The van der Waals surface area contributed by atoms with E-state index in [1.165, 1.54) is 0 Å². The van der Waals surface area contributed by atoms with E-state index in [9.17, 15) is 0 Å². The molecule has 28 heavy (non-hydrogen) atoms. The largest absolute Gasteiger partial charge is 0.493 e. The summed E-state index contributed by atoms with van der Waals surface area (Å²) in [5.74, 6) is 2.58. The van der Waals surface area contributed by atoms with Gasteiger partial charge in [0.25, 0.3) is 0 Å². The van der Waals surface area contributed by atoms with Crippen LogP contribution in [-0.4, -0.2) is 52.3 Å². The van der Waals surface area contributed by atoms with Crippen LogP contribution >= 0.6 is 0 Å². The number of likely N-dealkylation sites (N-methyl/N-ethyl adjacent to an activating group) is 1. The number of ether oxygens (including phenoxy) is 3. The van der Waals surface area contributed by atoms with Crippen LogP contribution in [0.4, 0.5) is 0 Å². The summed E-state index contributed by atoms with van der Waals surface area (Å²) in [6.45, 7) is 2.48. The van der Waals surface area contributed by atoms with Gasteiger partial charge < -0.3 is 30.2 Å². The minimum atomic E-state index is 0.373. The number of nitrogens with zero attached hydrogens (tertiary/aromatic N) is 2. The number of benzene rings is 2. The molecule has 7 nitrogen and oxygen atoms in total. The van der Waals surface area contributed by atoms with Gasteiger partial charge >= 0.3 is 0 Å². The topological polar surface area (TPSA) is 81.3 Å². The molecule has 0 atom stereocenters. The number of nitrogens with two attached hydrogens (primary N) is 1. The number of hydrogen-bond donors (Lipinski definition) is 2. The van der Waals surface area contributed by atoms with Crippen LogP contribution in [0.2, 0.25) is 0 Å². The van der Waals surface area contributed by atoms with Crippen molar-refractivity contribution in [2.75, 3.05) is 41.5 Å². The van der Waals surface area contributed by atoms with E-state index in [0.29, 0.717) is 37.2 Å². The van der Waals surface area contributed by atoms with Gasteiger partial charge in [-0.2, -0.15) is 0 Å². The molecule has 0 bridgehead atoms. The molecule has 0 heterocycles. The van der Waals surface area contributed by atoms with Gasteiger partial charge in [-0.25, -0.2) is 4.99 Å². The molecule has 0 spiro atoms. The monoisotopic (exact) mass is 386 g/mol. The predicted octanol–water partition coefficient (Wildman–Crippen LogP) is 2.25. The van der Waals surface area contributed by atoms with Gasteiger partial charge in [0, 0.05) is 18.7 Å². The number of nitrogens with one attached hydrogen (secondary N) is 1. The molecule has 0 aliphatic heterocycles. The zero-order chi connectivity index (χ0) is 20.4. The Bertz CT molecular complexity index is 778. The van der Waals surface area contributed by atoms with Gasteiger partial charge in [-0.15, -0.1) is 0 Å². The fourth-order valence-corrected chi connectivity index (χ4v) is 2.53. The summed E-state index contributed by atoms with van der Waals surface area (Å²) >= 11 is 0. The summed E-state index contributed by atoms with van der Waals surface area (Å²) in [5.41, 5.74) is 8.04. The molecule has 2 aromatic carbocycles. The van der Waals surface area contributed by atoms with Crippen LogP contribution in [0.25, 0.3) is 0 Å². The number of guanidine groups is 1. The lowest BCUT2D eigenvalue weighted by molar-refractivity contribution is 0.259. The standard InChI is InChI=1S/C21H30N4O3/c1-25(2)11-12-28-18-8-6-5-7-17(18)15-24-21(22)23-14-16-9-10-19(26-3)20(13-16)27-4/h5-10,13H,11-12,14-15H2,1-4H3,(H3,22,23,24). The molecule has 3 N–H and O–H groups in total. The van der Waals surface area contributed by atoms with Crippen LogP contribution in [0, 0.1) is 0 Å². The van der Waals surface area contributed by atoms with Gasteiger partial charge in [-0.1, -0.05) is 24.3 Å². The van der Waals surface area contributed by atoms with E-state index in [1.807, 2.05) is 56.6 Å². The van der Waals surface area contributed by atoms with Gasteiger partial charge in [0.05, 0.1) is 20.8 Å². The third-order valence-corrected chi connectivity index (χ3v) is 4.11. The van der Waals surface area contributed by atoms with Crippen molar-refractivity contribution in [1.82, 2.24) is 10.2 Å². The highest BCUT2D eigenvalue weighted by atomic mass is 16.5. The Kier molecular flexibility index (Phi) is 8.42.